The summed E-state index contributed by atoms with van der Waals surface area (Å²) in [5.74, 6) is 0. The number of benzene rings is 6. The van der Waals surface area contributed by atoms with Crippen LogP contribution in [0.4, 0.5) is 0 Å². The lowest BCUT2D eigenvalue weighted by Crippen LogP contribution is -1.94. The van der Waals surface area contributed by atoms with Crippen LogP contribution in [-0.2, 0) is 0 Å². The van der Waals surface area contributed by atoms with Crippen LogP contribution in [0.25, 0.3) is 71.0 Å². The van der Waals surface area contributed by atoms with E-state index in [1.54, 1.807) is 0 Å². The molecule has 8 aromatic rings. The highest BCUT2D eigenvalue weighted by atomic mass is 16.3. The Balaban J connectivity index is 1.80. The summed E-state index contributed by atoms with van der Waals surface area (Å²) in [6.45, 7) is 0. The highest BCUT2D eigenvalue weighted by Crippen LogP contribution is 2.47. The van der Waals surface area contributed by atoms with Gasteiger partial charge in [-0.3, -0.25) is 0 Å². The Morgan fingerprint density at radius 3 is 2.00 bits per heavy atom. The molecule has 0 saturated carbocycles. The van der Waals surface area contributed by atoms with Gasteiger partial charge in [-0.15, -0.1) is 0 Å². The molecule has 0 N–H and O–H groups in total. The van der Waals surface area contributed by atoms with Crippen LogP contribution in [0.15, 0.2) is 120 Å². The van der Waals surface area contributed by atoms with Gasteiger partial charge in [0, 0.05) is 27.2 Å². The molecule has 2 heterocycles. The van der Waals surface area contributed by atoms with Crippen molar-refractivity contribution in [1.29, 1.82) is 0 Å². The van der Waals surface area contributed by atoms with Crippen molar-refractivity contribution < 1.29 is 4.42 Å². The molecule has 158 valence electrons. The predicted octanol–water partition coefficient (Wildman–Crippen LogP) is 8.99. The summed E-state index contributed by atoms with van der Waals surface area (Å²) in [4.78, 5) is 0. The van der Waals surface area contributed by atoms with Crippen LogP contribution in [0.1, 0.15) is 0 Å². The van der Waals surface area contributed by atoms with Crippen molar-refractivity contribution in [2.24, 2.45) is 0 Å². The molecule has 0 spiro atoms. The third-order valence-corrected chi connectivity index (χ3v) is 7.15. The molecule has 0 amide bonds. The van der Waals surface area contributed by atoms with Crippen LogP contribution in [-0.4, -0.2) is 4.57 Å². The van der Waals surface area contributed by atoms with E-state index in [-0.39, 0.29) is 0 Å². The maximum Gasteiger partial charge on any atom is 0.146 e. The van der Waals surface area contributed by atoms with E-state index in [1.807, 2.05) is 6.07 Å². The highest BCUT2D eigenvalue weighted by molar-refractivity contribution is 6.37. The lowest BCUT2D eigenvalue weighted by molar-refractivity contribution is 0.673. The standard InChI is InChI=1S/C32H19NO/c1-2-11-21(12-3-1)33-26-19-18-20-10-4-5-13-22(20)29(26)30-31(33)24-15-7-6-14-23(24)28-25-16-8-9-17-27(25)34-32(28)30/h1-19H. The second-order valence-corrected chi connectivity index (χ2v) is 8.92. The van der Waals surface area contributed by atoms with Gasteiger partial charge in [0.1, 0.15) is 11.2 Å². The Morgan fingerprint density at radius 2 is 1.15 bits per heavy atom. The molecular formula is C32H19NO. The molecule has 0 fully saturated rings. The van der Waals surface area contributed by atoms with Gasteiger partial charge in [0.2, 0.25) is 0 Å². The fourth-order valence-electron chi connectivity index (χ4n) is 5.78. The van der Waals surface area contributed by atoms with Gasteiger partial charge in [0.05, 0.1) is 16.4 Å². The van der Waals surface area contributed by atoms with E-state index < -0.39 is 0 Å². The molecule has 2 aromatic heterocycles. The Morgan fingerprint density at radius 1 is 0.471 bits per heavy atom. The fraction of sp³-hybridized carbons (Fsp3) is 0. The fourth-order valence-corrected chi connectivity index (χ4v) is 5.78. The minimum atomic E-state index is 0.927. The smallest absolute Gasteiger partial charge is 0.146 e. The second kappa shape index (κ2) is 6.49. The van der Waals surface area contributed by atoms with Gasteiger partial charge >= 0.3 is 0 Å². The second-order valence-electron chi connectivity index (χ2n) is 8.92. The first-order valence-corrected chi connectivity index (χ1v) is 11.6. The van der Waals surface area contributed by atoms with E-state index in [2.05, 4.69) is 114 Å². The van der Waals surface area contributed by atoms with Crippen molar-refractivity contribution in [3.63, 3.8) is 0 Å². The maximum absolute atomic E-state index is 6.67. The molecule has 0 atom stereocenters. The Labute approximate surface area is 195 Å². The highest BCUT2D eigenvalue weighted by Gasteiger charge is 2.23. The summed E-state index contributed by atoms with van der Waals surface area (Å²) in [5.41, 5.74) is 5.43. The number of rotatable bonds is 1. The van der Waals surface area contributed by atoms with E-state index >= 15 is 0 Å². The first-order chi connectivity index (χ1) is 16.9. The van der Waals surface area contributed by atoms with Crippen LogP contribution in [0, 0.1) is 0 Å². The molecule has 0 unspecified atom stereocenters. The van der Waals surface area contributed by atoms with E-state index in [0.717, 1.165) is 22.2 Å². The zero-order valence-corrected chi connectivity index (χ0v) is 18.3. The molecular weight excluding hydrogens is 414 g/mol. The molecule has 34 heavy (non-hydrogen) atoms. The summed E-state index contributed by atoms with van der Waals surface area (Å²) in [7, 11) is 0. The normalized spacial score (nSPS) is 12.1. The van der Waals surface area contributed by atoms with Crippen LogP contribution in [0.3, 0.4) is 0 Å². The molecule has 0 aliphatic rings. The quantitative estimate of drug-likeness (QED) is 0.253. The summed E-state index contributed by atoms with van der Waals surface area (Å²) in [6, 6.07) is 40.9. The summed E-state index contributed by atoms with van der Waals surface area (Å²) in [6.07, 6.45) is 0. The summed E-state index contributed by atoms with van der Waals surface area (Å²) in [5, 5.41) is 9.72. The van der Waals surface area contributed by atoms with Crippen LogP contribution in [0.5, 0.6) is 0 Å². The summed E-state index contributed by atoms with van der Waals surface area (Å²) < 4.78 is 9.08. The van der Waals surface area contributed by atoms with Crippen molar-refractivity contribution in [2.45, 2.75) is 0 Å². The number of aromatic nitrogens is 1. The first-order valence-electron chi connectivity index (χ1n) is 11.6. The predicted molar refractivity (Wildman–Crippen MR) is 143 cm³/mol. The lowest BCUT2D eigenvalue weighted by atomic mass is 9.98. The topological polar surface area (TPSA) is 18.1 Å². The minimum absolute atomic E-state index is 0.927. The first kappa shape index (κ1) is 17.9. The Kier molecular flexibility index (Phi) is 3.42. The number of hydrogen-bond acceptors (Lipinski definition) is 1. The van der Waals surface area contributed by atoms with E-state index in [9.17, 15) is 0 Å². The average Bonchev–Trinajstić information content (AvgIpc) is 3.46. The van der Waals surface area contributed by atoms with Gasteiger partial charge in [-0.2, -0.15) is 0 Å². The number of fused-ring (bicyclic) bond motifs is 12. The molecule has 2 heteroatoms. The van der Waals surface area contributed by atoms with Gasteiger partial charge in [-0.05, 0) is 40.4 Å². The zero-order chi connectivity index (χ0) is 22.2. The largest absolute Gasteiger partial charge is 0.455 e. The molecule has 8 rings (SSSR count). The van der Waals surface area contributed by atoms with Gasteiger partial charge in [0.25, 0.3) is 0 Å². The van der Waals surface area contributed by atoms with Crippen molar-refractivity contribution in [1.82, 2.24) is 4.57 Å². The molecule has 0 saturated heterocycles. The van der Waals surface area contributed by atoms with Crippen LogP contribution < -0.4 is 0 Å². The van der Waals surface area contributed by atoms with Crippen LogP contribution in [0.2, 0.25) is 0 Å². The lowest BCUT2D eigenvalue weighted by Gasteiger charge is -2.10. The van der Waals surface area contributed by atoms with Gasteiger partial charge < -0.3 is 8.98 Å². The van der Waals surface area contributed by atoms with Gasteiger partial charge in [-0.1, -0.05) is 91.0 Å². The number of hydrogen-bond donors (Lipinski definition) is 0. The molecule has 2 nitrogen and oxygen atoms in total. The number of furan rings is 1. The molecule has 0 aliphatic carbocycles. The van der Waals surface area contributed by atoms with E-state index in [0.29, 0.717) is 0 Å². The molecule has 0 aliphatic heterocycles. The zero-order valence-electron chi connectivity index (χ0n) is 18.3. The Bertz CT molecular complexity index is 2060. The van der Waals surface area contributed by atoms with E-state index in [4.69, 9.17) is 4.42 Å². The third-order valence-electron chi connectivity index (χ3n) is 7.15. The molecule has 6 aromatic carbocycles. The van der Waals surface area contributed by atoms with Crippen molar-refractivity contribution in [3.05, 3.63) is 115 Å². The van der Waals surface area contributed by atoms with Gasteiger partial charge in [-0.25, -0.2) is 0 Å². The number of para-hydroxylation sites is 2. The summed E-state index contributed by atoms with van der Waals surface area (Å²) >= 11 is 0. The minimum Gasteiger partial charge on any atom is -0.455 e. The monoisotopic (exact) mass is 433 g/mol. The van der Waals surface area contributed by atoms with E-state index in [1.165, 1.54) is 48.7 Å². The van der Waals surface area contributed by atoms with Gasteiger partial charge in [0.15, 0.2) is 0 Å². The van der Waals surface area contributed by atoms with Crippen molar-refractivity contribution >= 4 is 65.3 Å². The maximum atomic E-state index is 6.67. The van der Waals surface area contributed by atoms with Crippen molar-refractivity contribution in [3.8, 4) is 5.69 Å². The SMILES string of the molecule is c1ccc(-n2c3ccc4ccccc4c3c3c4oc5ccccc5c4c4ccccc4c32)cc1. The average molecular weight is 434 g/mol. The molecule has 0 radical (unpaired) electrons. The van der Waals surface area contributed by atoms with Crippen molar-refractivity contribution in [2.75, 3.05) is 0 Å². The third kappa shape index (κ3) is 2.20. The van der Waals surface area contributed by atoms with Crippen LogP contribution >= 0.6 is 0 Å². The Hall–Kier alpha value is -4.56. The molecule has 0 bridgehead atoms. The number of nitrogens with zero attached hydrogens (tertiary/aromatic N) is 1.